The van der Waals surface area contributed by atoms with Crippen molar-refractivity contribution in [1.82, 2.24) is 5.32 Å². The van der Waals surface area contributed by atoms with Crippen molar-refractivity contribution in [2.45, 2.75) is 13.2 Å². The van der Waals surface area contributed by atoms with Crippen molar-refractivity contribution in [2.24, 2.45) is 0 Å². The van der Waals surface area contributed by atoms with E-state index in [2.05, 4.69) is 10.1 Å². The van der Waals surface area contributed by atoms with E-state index in [1.54, 1.807) is 24.3 Å². The van der Waals surface area contributed by atoms with Gasteiger partial charge in [-0.2, -0.15) is 8.78 Å². The summed E-state index contributed by atoms with van der Waals surface area (Å²) in [6.45, 7) is -2.86. The lowest BCUT2D eigenvalue weighted by atomic mass is 10.1. The van der Waals surface area contributed by atoms with Gasteiger partial charge in [0.2, 0.25) is 0 Å². The van der Waals surface area contributed by atoms with E-state index in [-0.39, 0.29) is 17.9 Å². The van der Waals surface area contributed by atoms with Gasteiger partial charge in [0.05, 0.1) is 5.56 Å². The highest BCUT2D eigenvalue weighted by Gasteiger charge is 2.15. The van der Waals surface area contributed by atoms with Gasteiger partial charge in [0.25, 0.3) is 5.91 Å². The molecule has 0 bridgehead atoms. The van der Waals surface area contributed by atoms with Gasteiger partial charge in [-0.1, -0.05) is 41.4 Å². The SMILES string of the molecule is O=C(NCc1ccc(Cl)cc1Cl)c1ccccc1OC(F)F. The Bertz CT molecular complexity index is 680. The number of para-hydroxylation sites is 1. The predicted molar refractivity (Wildman–Crippen MR) is 80.7 cm³/mol. The molecule has 7 heteroatoms. The molecule has 0 saturated carbocycles. The van der Waals surface area contributed by atoms with E-state index in [0.29, 0.717) is 15.6 Å². The van der Waals surface area contributed by atoms with Gasteiger partial charge >= 0.3 is 6.61 Å². The lowest BCUT2D eigenvalue weighted by molar-refractivity contribution is -0.0501. The summed E-state index contributed by atoms with van der Waals surface area (Å²) >= 11 is 11.8. The number of hydrogen-bond donors (Lipinski definition) is 1. The van der Waals surface area contributed by atoms with E-state index in [0.717, 1.165) is 0 Å². The van der Waals surface area contributed by atoms with Gasteiger partial charge in [0.15, 0.2) is 0 Å². The fourth-order valence-corrected chi connectivity index (χ4v) is 2.26. The van der Waals surface area contributed by atoms with Crippen molar-refractivity contribution in [1.29, 1.82) is 0 Å². The summed E-state index contributed by atoms with van der Waals surface area (Å²) in [4.78, 5) is 12.1. The molecular weight excluding hydrogens is 335 g/mol. The maximum absolute atomic E-state index is 12.3. The van der Waals surface area contributed by atoms with Crippen LogP contribution in [0.1, 0.15) is 15.9 Å². The van der Waals surface area contributed by atoms with Gasteiger partial charge in [-0.3, -0.25) is 4.79 Å². The molecule has 3 nitrogen and oxygen atoms in total. The quantitative estimate of drug-likeness (QED) is 0.864. The third-order valence-electron chi connectivity index (χ3n) is 2.80. The minimum absolute atomic E-state index is 0.0212. The average molecular weight is 346 g/mol. The van der Waals surface area contributed by atoms with Crippen LogP contribution in [0.25, 0.3) is 0 Å². The Morgan fingerprint density at radius 2 is 1.91 bits per heavy atom. The monoisotopic (exact) mass is 345 g/mol. The minimum Gasteiger partial charge on any atom is -0.434 e. The van der Waals surface area contributed by atoms with E-state index in [4.69, 9.17) is 23.2 Å². The largest absolute Gasteiger partial charge is 0.434 e. The fourth-order valence-electron chi connectivity index (χ4n) is 1.79. The van der Waals surface area contributed by atoms with Crippen molar-refractivity contribution >= 4 is 29.1 Å². The molecule has 0 aromatic heterocycles. The summed E-state index contributed by atoms with van der Waals surface area (Å²) in [5.41, 5.74) is 0.680. The summed E-state index contributed by atoms with van der Waals surface area (Å²) < 4.78 is 29.0. The molecular formula is C15H11Cl2F2NO2. The second-order valence-corrected chi connectivity index (χ2v) is 5.14. The zero-order valence-corrected chi connectivity index (χ0v) is 12.7. The highest BCUT2D eigenvalue weighted by Crippen LogP contribution is 2.22. The number of amides is 1. The number of carbonyl (C=O) groups excluding carboxylic acids is 1. The molecule has 0 atom stereocenters. The smallest absolute Gasteiger partial charge is 0.387 e. The van der Waals surface area contributed by atoms with Crippen molar-refractivity contribution in [3.8, 4) is 5.75 Å². The highest BCUT2D eigenvalue weighted by atomic mass is 35.5. The Kier molecular flexibility index (Phi) is 5.57. The lowest BCUT2D eigenvalue weighted by Crippen LogP contribution is -2.24. The third kappa shape index (κ3) is 4.32. The number of hydrogen-bond acceptors (Lipinski definition) is 2. The molecule has 0 radical (unpaired) electrons. The zero-order valence-electron chi connectivity index (χ0n) is 11.2. The zero-order chi connectivity index (χ0) is 16.1. The van der Waals surface area contributed by atoms with Gasteiger partial charge < -0.3 is 10.1 Å². The van der Waals surface area contributed by atoms with Crippen LogP contribution in [0.2, 0.25) is 10.0 Å². The van der Waals surface area contributed by atoms with Crippen LogP contribution in [0.4, 0.5) is 8.78 Å². The van der Waals surface area contributed by atoms with E-state index in [1.807, 2.05) is 0 Å². The predicted octanol–water partition coefficient (Wildman–Crippen LogP) is 4.52. The van der Waals surface area contributed by atoms with E-state index in [9.17, 15) is 13.6 Å². The maximum atomic E-state index is 12.3. The van der Waals surface area contributed by atoms with Crippen molar-refractivity contribution in [2.75, 3.05) is 0 Å². The van der Waals surface area contributed by atoms with Gasteiger partial charge in [0, 0.05) is 16.6 Å². The molecule has 0 unspecified atom stereocenters. The molecule has 0 aliphatic heterocycles. The molecule has 0 aliphatic carbocycles. The van der Waals surface area contributed by atoms with Crippen molar-refractivity contribution in [3.05, 3.63) is 63.6 Å². The average Bonchev–Trinajstić information content (AvgIpc) is 2.46. The Labute approximate surface area is 135 Å². The summed E-state index contributed by atoms with van der Waals surface area (Å²) in [5.74, 6) is -0.723. The number of carbonyl (C=O) groups is 1. The Morgan fingerprint density at radius 3 is 2.59 bits per heavy atom. The summed E-state index contributed by atoms with van der Waals surface area (Å²) in [6, 6.07) is 10.6. The Hall–Kier alpha value is -1.85. The van der Waals surface area contributed by atoms with E-state index >= 15 is 0 Å². The molecule has 0 saturated heterocycles. The lowest BCUT2D eigenvalue weighted by Gasteiger charge is -2.11. The third-order valence-corrected chi connectivity index (χ3v) is 3.39. The number of rotatable bonds is 5. The van der Waals surface area contributed by atoms with Crippen LogP contribution in [-0.4, -0.2) is 12.5 Å². The van der Waals surface area contributed by atoms with Crippen LogP contribution in [0.5, 0.6) is 5.75 Å². The number of halogens is 4. The second-order valence-electron chi connectivity index (χ2n) is 4.29. The molecule has 0 fully saturated rings. The summed E-state index contributed by atoms with van der Waals surface area (Å²) in [6.07, 6.45) is 0. The van der Waals surface area contributed by atoms with Gasteiger partial charge in [0.1, 0.15) is 5.75 Å². The maximum Gasteiger partial charge on any atom is 0.387 e. The van der Waals surface area contributed by atoms with Crippen molar-refractivity contribution < 1.29 is 18.3 Å². The molecule has 0 aliphatic rings. The molecule has 1 N–H and O–H groups in total. The molecule has 2 aromatic carbocycles. The fraction of sp³-hybridized carbons (Fsp3) is 0.133. The highest BCUT2D eigenvalue weighted by molar-refractivity contribution is 6.35. The molecule has 0 heterocycles. The standard InChI is InChI=1S/C15H11Cl2F2NO2/c16-10-6-5-9(12(17)7-10)8-20-14(21)11-3-1-2-4-13(11)22-15(18)19/h1-7,15H,8H2,(H,20,21). The number of nitrogens with one attached hydrogen (secondary N) is 1. The van der Waals surface area contributed by atoms with E-state index < -0.39 is 12.5 Å². The van der Waals surface area contributed by atoms with Crippen LogP contribution >= 0.6 is 23.2 Å². The van der Waals surface area contributed by atoms with Crippen molar-refractivity contribution in [3.63, 3.8) is 0 Å². The molecule has 0 spiro atoms. The van der Waals surface area contributed by atoms with Crippen LogP contribution in [-0.2, 0) is 6.54 Å². The molecule has 116 valence electrons. The molecule has 2 aromatic rings. The molecule has 22 heavy (non-hydrogen) atoms. The summed E-state index contributed by atoms with van der Waals surface area (Å²) in [5, 5.41) is 3.49. The molecule has 1 amide bonds. The first kappa shape index (κ1) is 16.5. The van der Waals surface area contributed by atoms with Gasteiger partial charge in [-0.15, -0.1) is 0 Å². The Balaban J connectivity index is 2.09. The first-order valence-electron chi connectivity index (χ1n) is 6.23. The Morgan fingerprint density at radius 1 is 1.18 bits per heavy atom. The normalized spacial score (nSPS) is 10.6. The van der Waals surface area contributed by atoms with Gasteiger partial charge in [-0.25, -0.2) is 0 Å². The molecule has 2 rings (SSSR count). The number of benzene rings is 2. The van der Waals surface area contributed by atoms with Crippen LogP contribution < -0.4 is 10.1 Å². The van der Waals surface area contributed by atoms with Crippen LogP contribution in [0, 0.1) is 0 Å². The first-order valence-corrected chi connectivity index (χ1v) is 6.99. The minimum atomic E-state index is -3.00. The number of alkyl halides is 2. The first-order chi connectivity index (χ1) is 10.5. The second kappa shape index (κ2) is 7.42. The van der Waals surface area contributed by atoms with Gasteiger partial charge in [-0.05, 0) is 29.8 Å². The van der Waals surface area contributed by atoms with Crippen LogP contribution in [0.3, 0.4) is 0 Å². The summed E-state index contributed by atoms with van der Waals surface area (Å²) in [7, 11) is 0. The van der Waals surface area contributed by atoms with Crippen LogP contribution in [0.15, 0.2) is 42.5 Å². The topological polar surface area (TPSA) is 38.3 Å². The number of ether oxygens (including phenoxy) is 1. The van der Waals surface area contributed by atoms with E-state index in [1.165, 1.54) is 18.2 Å².